The molecular weight excluding hydrogens is 332 g/mol. The summed E-state index contributed by atoms with van der Waals surface area (Å²) in [6.45, 7) is 0.528. The molecule has 1 aliphatic heterocycles. The number of carbonyl (C=O) groups excluding carboxylic acids is 1. The number of hydrogen-bond donors (Lipinski definition) is 0. The van der Waals surface area contributed by atoms with Crippen LogP contribution in [0.5, 0.6) is 0 Å². The van der Waals surface area contributed by atoms with Gasteiger partial charge in [-0.1, -0.05) is 24.3 Å². The number of carbonyl (C=O) groups is 1. The van der Waals surface area contributed by atoms with E-state index in [1.807, 2.05) is 70.3 Å². The molecule has 3 heterocycles. The van der Waals surface area contributed by atoms with Gasteiger partial charge in [-0.3, -0.25) is 9.78 Å². The summed E-state index contributed by atoms with van der Waals surface area (Å²) in [5, 5.41) is 10.6. The van der Waals surface area contributed by atoms with E-state index >= 15 is 0 Å². The molecule has 6 heteroatoms. The fraction of sp³-hybridized carbons (Fsp3) is 0.105. The van der Waals surface area contributed by atoms with Crippen molar-refractivity contribution in [2.75, 3.05) is 16.5 Å². The van der Waals surface area contributed by atoms with Crippen LogP contribution < -0.4 is 9.91 Å². The first-order valence-corrected chi connectivity index (χ1v) is 8.88. The number of nitrogens with zero attached hydrogens (tertiary/aromatic N) is 4. The summed E-state index contributed by atoms with van der Waals surface area (Å²) in [6, 6.07) is 17.5. The van der Waals surface area contributed by atoms with E-state index in [-0.39, 0.29) is 0 Å². The van der Waals surface area contributed by atoms with Crippen LogP contribution in [0.15, 0.2) is 76.7 Å². The highest BCUT2D eigenvalue weighted by Crippen LogP contribution is 2.28. The number of para-hydroxylation sites is 1. The first-order chi connectivity index (χ1) is 12.4. The lowest BCUT2D eigenvalue weighted by Crippen LogP contribution is -2.54. The molecule has 1 aliphatic rings. The highest BCUT2D eigenvalue weighted by Gasteiger charge is 2.32. The Morgan fingerprint density at radius 3 is 2.56 bits per heavy atom. The Hall–Kier alpha value is -2.99. The largest absolute Gasteiger partial charge is 0.337 e. The molecule has 3 aromatic rings. The van der Waals surface area contributed by atoms with Gasteiger partial charge in [0.15, 0.2) is 12.5 Å². The van der Waals surface area contributed by atoms with E-state index in [4.69, 9.17) is 5.10 Å². The Labute approximate surface area is 149 Å². The van der Waals surface area contributed by atoms with Gasteiger partial charge in [0.05, 0.1) is 17.9 Å². The maximum atomic E-state index is 11.9. The van der Waals surface area contributed by atoms with Gasteiger partial charge in [0, 0.05) is 17.3 Å². The fourth-order valence-corrected chi connectivity index (χ4v) is 3.51. The van der Waals surface area contributed by atoms with E-state index in [1.54, 1.807) is 22.5 Å². The summed E-state index contributed by atoms with van der Waals surface area (Å²) in [4.78, 5) is 18.4. The number of aldehydes is 1. The Morgan fingerprint density at radius 2 is 1.88 bits per heavy atom. The molecule has 2 aromatic heterocycles. The van der Waals surface area contributed by atoms with Crippen molar-refractivity contribution in [3.8, 4) is 0 Å². The van der Waals surface area contributed by atoms with E-state index in [0.29, 0.717) is 6.54 Å². The van der Waals surface area contributed by atoms with Crippen LogP contribution in [0, 0.1) is 0 Å². The molecule has 4 rings (SSSR count). The van der Waals surface area contributed by atoms with E-state index in [2.05, 4.69) is 4.98 Å². The number of benzene rings is 1. The SMILES string of the molecule is O=CC1N(c2ccsc2)CC(c2ccccn2)=NN1c1ccccc1. The van der Waals surface area contributed by atoms with Crippen LogP contribution in [0.3, 0.4) is 0 Å². The van der Waals surface area contributed by atoms with Crippen LogP contribution in [-0.4, -0.2) is 29.7 Å². The van der Waals surface area contributed by atoms with Gasteiger partial charge in [0.2, 0.25) is 0 Å². The lowest BCUT2D eigenvalue weighted by Gasteiger charge is -2.40. The first kappa shape index (κ1) is 15.5. The van der Waals surface area contributed by atoms with Crippen molar-refractivity contribution in [1.82, 2.24) is 4.98 Å². The molecule has 0 bridgehead atoms. The number of pyridine rings is 1. The van der Waals surface area contributed by atoms with Crippen LogP contribution in [0.1, 0.15) is 5.69 Å². The van der Waals surface area contributed by atoms with Crippen molar-refractivity contribution in [3.05, 3.63) is 77.2 Å². The van der Waals surface area contributed by atoms with E-state index in [0.717, 1.165) is 29.1 Å². The molecule has 0 N–H and O–H groups in total. The number of aromatic nitrogens is 1. The summed E-state index contributed by atoms with van der Waals surface area (Å²) >= 11 is 1.61. The number of anilines is 2. The van der Waals surface area contributed by atoms with Crippen LogP contribution >= 0.6 is 11.3 Å². The molecule has 1 aromatic carbocycles. The maximum Gasteiger partial charge on any atom is 0.180 e. The van der Waals surface area contributed by atoms with Crippen molar-refractivity contribution >= 4 is 34.7 Å². The number of hydrazone groups is 1. The van der Waals surface area contributed by atoms with Gasteiger partial charge in [0.1, 0.15) is 5.71 Å². The fourth-order valence-electron chi connectivity index (χ4n) is 2.86. The highest BCUT2D eigenvalue weighted by molar-refractivity contribution is 7.08. The predicted molar refractivity (Wildman–Crippen MR) is 101 cm³/mol. The summed E-state index contributed by atoms with van der Waals surface area (Å²) in [6.07, 6.45) is 2.19. The van der Waals surface area contributed by atoms with Crippen LogP contribution in [0.4, 0.5) is 11.4 Å². The number of thiophene rings is 1. The van der Waals surface area contributed by atoms with E-state index in [9.17, 15) is 4.79 Å². The van der Waals surface area contributed by atoms with Gasteiger partial charge in [0.25, 0.3) is 0 Å². The molecular formula is C19H16N4OS. The average molecular weight is 348 g/mol. The van der Waals surface area contributed by atoms with Gasteiger partial charge >= 0.3 is 0 Å². The average Bonchev–Trinajstić information content (AvgIpc) is 3.23. The predicted octanol–water partition coefficient (Wildman–Crippen LogP) is 3.40. The Balaban J connectivity index is 1.82. The molecule has 0 amide bonds. The van der Waals surface area contributed by atoms with Gasteiger partial charge in [-0.05, 0) is 35.7 Å². The third kappa shape index (κ3) is 3.04. The van der Waals surface area contributed by atoms with Crippen molar-refractivity contribution < 1.29 is 4.79 Å². The van der Waals surface area contributed by atoms with Gasteiger partial charge in [-0.2, -0.15) is 16.4 Å². The summed E-state index contributed by atoms with van der Waals surface area (Å²) in [7, 11) is 0. The van der Waals surface area contributed by atoms with Crippen molar-refractivity contribution in [2.45, 2.75) is 6.17 Å². The molecule has 1 unspecified atom stereocenters. The van der Waals surface area contributed by atoms with Gasteiger partial charge in [-0.15, -0.1) is 0 Å². The minimum Gasteiger partial charge on any atom is -0.337 e. The topological polar surface area (TPSA) is 48.8 Å². The minimum atomic E-state index is -0.496. The summed E-state index contributed by atoms with van der Waals surface area (Å²) in [5.41, 5.74) is 3.51. The minimum absolute atomic E-state index is 0.496. The molecule has 0 spiro atoms. The molecule has 0 saturated carbocycles. The van der Waals surface area contributed by atoms with Crippen molar-refractivity contribution in [2.24, 2.45) is 5.10 Å². The lowest BCUT2D eigenvalue weighted by atomic mass is 10.1. The van der Waals surface area contributed by atoms with Crippen LogP contribution in [-0.2, 0) is 4.79 Å². The van der Waals surface area contributed by atoms with Crippen LogP contribution in [0.2, 0.25) is 0 Å². The lowest BCUT2D eigenvalue weighted by molar-refractivity contribution is -0.109. The molecule has 0 aliphatic carbocycles. The molecule has 25 heavy (non-hydrogen) atoms. The zero-order valence-electron chi connectivity index (χ0n) is 13.4. The molecule has 0 radical (unpaired) electrons. The van der Waals surface area contributed by atoms with Gasteiger partial charge in [-0.25, -0.2) is 5.01 Å². The molecule has 124 valence electrons. The number of hydrogen-bond acceptors (Lipinski definition) is 6. The second kappa shape index (κ2) is 6.86. The maximum absolute atomic E-state index is 11.9. The van der Waals surface area contributed by atoms with Crippen molar-refractivity contribution in [3.63, 3.8) is 0 Å². The van der Waals surface area contributed by atoms with Crippen molar-refractivity contribution in [1.29, 1.82) is 0 Å². The van der Waals surface area contributed by atoms with E-state index < -0.39 is 6.17 Å². The second-order valence-corrected chi connectivity index (χ2v) is 6.38. The smallest absolute Gasteiger partial charge is 0.180 e. The Kier molecular flexibility index (Phi) is 4.26. The van der Waals surface area contributed by atoms with Gasteiger partial charge < -0.3 is 4.90 Å². The third-order valence-electron chi connectivity index (χ3n) is 4.06. The zero-order chi connectivity index (χ0) is 17.1. The Morgan fingerprint density at radius 1 is 1.04 bits per heavy atom. The number of rotatable bonds is 4. The zero-order valence-corrected chi connectivity index (χ0v) is 14.2. The monoisotopic (exact) mass is 348 g/mol. The normalized spacial score (nSPS) is 17.3. The van der Waals surface area contributed by atoms with E-state index in [1.165, 1.54) is 0 Å². The first-order valence-electron chi connectivity index (χ1n) is 7.94. The second-order valence-electron chi connectivity index (χ2n) is 5.60. The quantitative estimate of drug-likeness (QED) is 0.678. The Bertz CT molecular complexity index is 865. The molecule has 5 nitrogen and oxygen atoms in total. The summed E-state index contributed by atoms with van der Waals surface area (Å²) < 4.78 is 0. The third-order valence-corrected chi connectivity index (χ3v) is 4.73. The standard InChI is InChI=1S/C19H16N4OS/c24-13-19-22(16-9-11-25-14-16)12-18(17-8-4-5-10-20-17)21-23(19)15-6-2-1-3-7-15/h1-11,13-14,19H,12H2. The van der Waals surface area contributed by atoms with Crippen LogP contribution in [0.25, 0.3) is 0 Å². The highest BCUT2D eigenvalue weighted by atomic mass is 32.1. The molecule has 1 atom stereocenters. The molecule has 0 fully saturated rings. The molecule has 0 saturated heterocycles. The summed E-state index contributed by atoms with van der Waals surface area (Å²) in [5.74, 6) is 0.